The second kappa shape index (κ2) is 8.54. The van der Waals surface area contributed by atoms with E-state index in [1.165, 1.54) is 7.11 Å². The molecule has 0 spiro atoms. The molecule has 0 aliphatic heterocycles. The molecule has 0 aromatic heterocycles. The number of para-hydroxylation sites is 1. The Hall–Kier alpha value is -3.78. The van der Waals surface area contributed by atoms with Gasteiger partial charge in [0.15, 0.2) is 11.5 Å². The SMILES string of the molecule is COc1cc(C#N)ccc1OC(C(=O)Nc1ccccc1)c1ccccc1. The average molecular weight is 358 g/mol. The summed E-state index contributed by atoms with van der Waals surface area (Å²) >= 11 is 0. The Morgan fingerprint density at radius 2 is 1.63 bits per heavy atom. The summed E-state index contributed by atoms with van der Waals surface area (Å²) in [6.07, 6.45) is -0.881. The first-order valence-electron chi connectivity index (χ1n) is 8.37. The zero-order chi connectivity index (χ0) is 19.1. The van der Waals surface area contributed by atoms with Gasteiger partial charge in [-0.3, -0.25) is 4.79 Å². The van der Waals surface area contributed by atoms with E-state index in [1.54, 1.807) is 18.2 Å². The van der Waals surface area contributed by atoms with Gasteiger partial charge in [-0.1, -0.05) is 48.5 Å². The van der Waals surface area contributed by atoms with Crippen molar-refractivity contribution in [2.75, 3.05) is 12.4 Å². The molecule has 0 heterocycles. The van der Waals surface area contributed by atoms with E-state index in [0.29, 0.717) is 28.3 Å². The number of nitrogens with one attached hydrogen (secondary N) is 1. The van der Waals surface area contributed by atoms with Crippen LogP contribution in [0.1, 0.15) is 17.2 Å². The van der Waals surface area contributed by atoms with E-state index in [9.17, 15) is 4.79 Å². The molecular formula is C22H18N2O3. The molecular weight excluding hydrogens is 340 g/mol. The van der Waals surface area contributed by atoms with Gasteiger partial charge in [0.05, 0.1) is 18.7 Å². The Morgan fingerprint density at radius 3 is 2.26 bits per heavy atom. The summed E-state index contributed by atoms with van der Waals surface area (Å²) in [5.74, 6) is 0.467. The first-order chi connectivity index (χ1) is 13.2. The molecule has 0 aliphatic rings. The van der Waals surface area contributed by atoms with Crippen LogP contribution in [-0.2, 0) is 4.79 Å². The van der Waals surface area contributed by atoms with Gasteiger partial charge < -0.3 is 14.8 Å². The molecule has 1 N–H and O–H groups in total. The molecule has 0 bridgehead atoms. The standard InChI is InChI=1S/C22H18N2O3/c1-26-20-14-16(15-23)12-13-19(20)27-21(17-8-4-2-5-9-17)22(25)24-18-10-6-3-7-11-18/h2-14,21H,1H3,(H,24,25). The molecule has 5 heteroatoms. The first kappa shape index (κ1) is 18.0. The smallest absolute Gasteiger partial charge is 0.270 e. The molecule has 3 aromatic carbocycles. The number of carbonyl (C=O) groups excluding carboxylic acids is 1. The maximum Gasteiger partial charge on any atom is 0.270 e. The largest absolute Gasteiger partial charge is 0.493 e. The van der Waals surface area contributed by atoms with E-state index in [-0.39, 0.29) is 5.91 Å². The van der Waals surface area contributed by atoms with Gasteiger partial charge in [0.25, 0.3) is 5.91 Å². The third-order valence-corrected chi connectivity index (χ3v) is 3.92. The van der Waals surface area contributed by atoms with Gasteiger partial charge in [0, 0.05) is 17.3 Å². The average Bonchev–Trinajstić information content (AvgIpc) is 2.73. The highest BCUT2D eigenvalue weighted by molar-refractivity contribution is 5.95. The lowest BCUT2D eigenvalue weighted by Gasteiger charge is -2.20. The van der Waals surface area contributed by atoms with Crippen LogP contribution >= 0.6 is 0 Å². The van der Waals surface area contributed by atoms with Crippen molar-refractivity contribution in [2.24, 2.45) is 0 Å². The van der Waals surface area contributed by atoms with E-state index < -0.39 is 6.10 Å². The van der Waals surface area contributed by atoms with Crippen molar-refractivity contribution >= 4 is 11.6 Å². The second-order valence-electron chi connectivity index (χ2n) is 5.74. The van der Waals surface area contributed by atoms with Crippen LogP contribution in [0.3, 0.4) is 0 Å². The molecule has 1 unspecified atom stereocenters. The van der Waals surface area contributed by atoms with Crippen molar-refractivity contribution in [1.29, 1.82) is 5.26 Å². The third kappa shape index (κ3) is 4.44. The van der Waals surface area contributed by atoms with Crippen LogP contribution in [0, 0.1) is 11.3 Å². The monoisotopic (exact) mass is 358 g/mol. The van der Waals surface area contributed by atoms with Crippen LogP contribution in [-0.4, -0.2) is 13.0 Å². The summed E-state index contributed by atoms with van der Waals surface area (Å²) in [4.78, 5) is 12.9. The first-order valence-corrected chi connectivity index (χ1v) is 8.37. The molecule has 0 radical (unpaired) electrons. The fourth-order valence-electron chi connectivity index (χ4n) is 2.59. The van der Waals surface area contributed by atoms with Gasteiger partial charge in [-0.2, -0.15) is 5.26 Å². The van der Waals surface area contributed by atoms with Gasteiger partial charge in [-0.05, 0) is 24.3 Å². The number of anilines is 1. The van der Waals surface area contributed by atoms with Gasteiger partial charge in [0.2, 0.25) is 6.10 Å². The highest BCUT2D eigenvalue weighted by Crippen LogP contribution is 2.32. The zero-order valence-corrected chi connectivity index (χ0v) is 14.8. The number of methoxy groups -OCH3 is 1. The summed E-state index contributed by atoms with van der Waals surface area (Å²) < 4.78 is 11.3. The fourth-order valence-corrected chi connectivity index (χ4v) is 2.59. The fraction of sp³-hybridized carbons (Fsp3) is 0.0909. The van der Waals surface area contributed by atoms with Crippen LogP contribution in [0.2, 0.25) is 0 Å². The summed E-state index contributed by atoms with van der Waals surface area (Å²) in [7, 11) is 1.49. The quantitative estimate of drug-likeness (QED) is 0.712. The number of carbonyl (C=O) groups is 1. The molecule has 0 saturated heterocycles. The lowest BCUT2D eigenvalue weighted by Crippen LogP contribution is -2.25. The van der Waals surface area contributed by atoms with Crippen LogP contribution in [0.5, 0.6) is 11.5 Å². The number of amides is 1. The van der Waals surface area contributed by atoms with Gasteiger partial charge in [-0.15, -0.1) is 0 Å². The Balaban J connectivity index is 1.92. The number of nitrogens with zero attached hydrogens (tertiary/aromatic N) is 1. The number of nitriles is 1. The summed E-state index contributed by atoms with van der Waals surface area (Å²) in [6.45, 7) is 0. The third-order valence-electron chi connectivity index (χ3n) is 3.92. The van der Waals surface area contributed by atoms with Crippen molar-refractivity contribution < 1.29 is 14.3 Å². The predicted octanol–water partition coefficient (Wildman–Crippen LogP) is 4.33. The van der Waals surface area contributed by atoms with E-state index in [4.69, 9.17) is 14.7 Å². The predicted molar refractivity (Wildman–Crippen MR) is 103 cm³/mol. The van der Waals surface area contributed by atoms with Crippen molar-refractivity contribution in [1.82, 2.24) is 0 Å². The van der Waals surface area contributed by atoms with Crippen molar-refractivity contribution in [2.45, 2.75) is 6.10 Å². The summed E-state index contributed by atoms with van der Waals surface area (Å²) in [5, 5.41) is 11.9. The van der Waals surface area contributed by atoms with Crippen molar-refractivity contribution in [3.63, 3.8) is 0 Å². The molecule has 3 rings (SSSR count). The van der Waals surface area contributed by atoms with Crippen molar-refractivity contribution in [3.8, 4) is 17.6 Å². The number of ether oxygens (including phenoxy) is 2. The molecule has 0 saturated carbocycles. The molecule has 0 fully saturated rings. The highest BCUT2D eigenvalue weighted by atomic mass is 16.5. The number of rotatable bonds is 6. The number of hydrogen-bond acceptors (Lipinski definition) is 4. The lowest BCUT2D eigenvalue weighted by atomic mass is 10.1. The Kier molecular flexibility index (Phi) is 5.70. The molecule has 1 atom stereocenters. The lowest BCUT2D eigenvalue weighted by molar-refractivity contribution is -0.123. The Morgan fingerprint density at radius 1 is 0.963 bits per heavy atom. The van der Waals surface area contributed by atoms with Crippen LogP contribution in [0.4, 0.5) is 5.69 Å². The topological polar surface area (TPSA) is 71.3 Å². The molecule has 134 valence electrons. The van der Waals surface area contributed by atoms with Gasteiger partial charge in [0.1, 0.15) is 0 Å². The normalized spacial score (nSPS) is 11.1. The van der Waals surface area contributed by atoms with E-state index in [0.717, 1.165) is 0 Å². The molecule has 3 aromatic rings. The molecule has 27 heavy (non-hydrogen) atoms. The number of hydrogen-bond donors (Lipinski definition) is 1. The molecule has 0 aliphatic carbocycles. The van der Waals surface area contributed by atoms with Crippen LogP contribution in [0.25, 0.3) is 0 Å². The minimum Gasteiger partial charge on any atom is -0.493 e. The van der Waals surface area contributed by atoms with Crippen LogP contribution in [0.15, 0.2) is 78.9 Å². The molecule has 5 nitrogen and oxygen atoms in total. The number of benzene rings is 3. The van der Waals surface area contributed by atoms with E-state index >= 15 is 0 Å². The van der Waals surface area contributed by atoms with Crippen molar-refractivity contribution in [3.05, 3.63) is 90.0 Å². The zero-order valence-electron chi connectivity index (χ0n) is 14.8. The Labute approximate surface area is 157 Å². The van der Waals surface area contributed by atoms with E-state index in [1.807, 2.05) is 60.7 Å². The van der Waals surface area contributed by atoms with Gasteiger partial charge in [-0.25, -0.2) is 0 Å². The second-order valence-corrected chi connectivity index (χ2v) is 5.74. The van der Waals surface area contributed by atoms with Crippen LogP contribution < -0.4 is 14.8 Å². The maximum absolute atomic E-state index is 12.9. The minimum absolute atomic E-state index is 0.307. The summed E-state index contributed by atoms with van der Waals surface area (Å²) in [6, 6.07) is 25.3. The maximum atomic E-state index is 12.9. The molecule has 1 amide bonds. The summed E-state index contributed by atoms with van der Waals surface area (Å²) in [5.41, 5.74) is 1.83. The van der Waals surface area contributed by atoms with Gasteiger partial charge >= 0.3 is 0 Å². The highest BCUT2D eigenvalue weighted by Gasteiger charge is 2.24. The Bertz CT molecular complexity index is 950. The van der Waals surface area contributed by atoms with E-state index in [2.05, 4.69) is 11.4 Å². The minimum atomic E-state index is -0.881.